The van der Waals surface area contributed by atoms with Crippen LogP contribution in [0.2, 0.25) is 0 Å². The molecule has 0 unspecified atom stereocenters. The maximum atomic E-state index is 11.6. The van der Waals surface area contributed by atoms with Gasteiger partial charge in [-0.1, -0.05) is 30.3 Å². The van der Waals surface area contributed by atoms with Gasteiger partial charge in [0.1, 0.15) is 0 Å². The molecule has 1 N–H and O–H groups in total. The number of nitrogens with one attached hydrogen (secondary N) is 1. The first-order chi connectivity index (χ1) is 9.29. The van der Waals surface area contributed by atoms with Gasteiger partial charge in [-0.15, -0.1) is 0 Å². The molecule has 1 aromatic rings. The zero-order valence-corrected chi connectivity index (χ0v) is 11.3. The van der Waals surface area contributed by atoms with Gasteiger partial charge >= 0.3 is 5.97 Å². The Bertz CT molecular complexity index is 394. The average Bonchev–Trinajstić information content (AvgIpc) is 2.47. The summed E-state index contributed by atoms with van der Waals surface area (Å²) < 4.78 is 10.5. The highest BCUT2D eigenvalue weighted by Gasteiger charge is 2.28. The first-order valence-corrected chi connectivity index (χ1v) is 6.85. The van der Waals surface area contributed by atoms with Gasteiger partial charge < -0.3 is 14.8 Å². The van der Waals surface area contributed by atoms with Crippen molar-refractivity contribution in [3.8, 4) is 0 Å². The van der Waals surface area contributed by atoms with Crippen LogP contribution in [0.25, 0.3) is 0 Å². The molecule has 2 atom stereocenters. The summed E-state index contributed by atoms with van der Waals surface area (Å²) in [4.78, 5) is 11.6. The summed E-state index contributed by atoms with van der Waals surface area (Å²) in [7, 11) is 0. The van der Waals surface area contributed by atoms with Crippen molar-refractivity contribution < 1.29 is 14.3 Å². The normalized spacial score (nSPS) is 23.0. The zero-order chi connectivity index (χ0) is 13.5. The van der Waals surface area contributed by atoms with Gasteiger partial charge in [0, 0.05) is 19.2 Å². The number of hydrogen-bond acceptors (Lipinski definition) is 4. The first kappa shape index (κ1) is 14.0. The molecule has 4 nitrogen and oxygen atoms in total. The van der Waals surface area contributed by atoms with Crippen LogP contribution >= 0.6 is 0 Å². The Labute approximate surface area is 114 Å². The number of rotatable bonds is 5. The highest BCUT2D eigenvalue weighted by Crippen LogP contribution is 2.15. The van der Waals surface area contributed by atoms with Gasteiger partial charge in [0.2, 0.25) is 0 Å². The Kier molecular flexibility index (Phi) is 5.36. The van der Waals surface area contributed by atoms with E-state index in [-0.39, 0.29) is 5.97 Å². The molecule has 19 heavy (non-hydrogen) atoms. The van der Waals surface area contributed by atoms with Crippen LogP contribution in [0, 0.1) is 0 Å². The number of benzene rings is 1. The third-order valence-electron chi connectivity index (χ3n) is 3.27. The lowest BCUT2D eigenvalue weighted by molar-refractivity contribution is -0.160. The summed E-state index contributed by atoms with van der Waals surface area (Å²) in [6, 6.07) is 10.6. The maximum Gasteiger partial charge on any atom is 0.335 e. The van der Waals surface area contributed by atoms with Crippen LogP contribution in [0.3, 0.4) is 0 Å². The molecule has 0 aromatic heterocycles. The smallest absolute Gasteiger partial charge is 0.335 e. The van der Waals surface area contributed by atoms with Gasteiger partial charge in [0.05, 0.1) is 6.61 Å². The van der Waals surface area contributed by atoms with Crippen LogP contribution in [0.4, 0.5) is 0 Å². The largest absolute Gasteiger partial charge is 0.464 e. The van der Waals surface area contributed by atoms with Crippen LogP contribution in [-0.2, 0) is 20.8 Å². The average molecular weight is 263 g/mol. The van der Waals surface area contributed by atoms with Crippen LogP contribution in [-0.4, -0.2) is 31.3 Å². The van der Waals surface area contributed by atoms with Crippen molar-refractivity contribution in [2.24, 2.45) is 0 Å². The van der Waals surface area contributed by atoms with E-state index in [4.69, 9.17) is 9.47 Å². The minimum absolute atomic E-state index is 0.242. The zero-order valence-electron chi connectivity index (χ0n) is 11.3. The van der Waals surface area contributed by atoms with Crippen molar-refractivity contribution in [1.82, 2.24) is 5.32 Å². The van der Waals surface area contributed by atoms with Crippen molar-refractivity contribution in [3.05, 3.63) is 35.9 Å². The number of hydrogen-bond donors (Lipinski definition) is 1. The summed E-state index contributed by atoms with van der Waals surface area (Å²) in [5.41, 5.74) is 1.25. The lowest BCUT2D eigenvalue weighted by atomic mass is 10.0. The van der Waals surface area contributed by atoms with Gasteiger partial charge in [-0.3, -0.25) is 0 Å². The third-order valence-corrected chi connectivity index (χ3v) is 3.27. The standard InChI is InChI=1S/C15H21NO3/c1-2-18-15(17)14-10-13(8-9-19-14)16-11-12-6-4-3-5-7-12/h3-7,13-14,16H,2,8-11H2,1H3/t13-,14-/m1/s1. The third kappa shape index (κ3) is 4.33. The molecule has 1 aromatic carbocycles. The first-order valence-electron chi connectivity index (χ1n) is 6.85. The Morgan fingerprint density at radius 3 is 2.95 bits per heavy atom. The molecule has 2 rings (SSSR count). The molecule has 0 amide bonds. The predicted octanol–water partition coefficient (Wildman–Crippen LogP) is 1.89. The van der Waals surface area contributed by atoms with Crippen molar-refractivity contribution in [1.29, 1.82) is 0 Å². The van der Waals surface area contributed by atoms with Crippen molar-refractivity contribution in [2.45, 2.75) is 38.5 Å². The summed E-state index contributed by atoms with van der Waals surface area (Å²) in [6.45, 7) is 3.64. The Hall–Kier alpha value is -1.39. The van der Waals surface area contributed by atoms with E-state index in [9.17, 15) is 4.79 Å². The molecular weight excluding hydrogens is 242 g/mol. The second kappa shape index (κ2) is 7.26. The highest BCUT2D eigenvalue weighted by molar-refractivity contribution is 5.74. The number of ether oxygens (including phenoxy) is 2. The number of esters is 1. The summed E-state index contributed by atoms with van der Waals surface area (Å²) >= 11 is 0. The quantitative estimate of drug-likeness (QED) is 0.824. The summed E-state index contributed by atoms with van der Waals surface area (Å²) in [5.74, 6) is -0.242. The molecule has 1 heterocycles. The molecule has 1 saturated heterocycles. The van der Waals surface area contributed by atoms with E-state index in [1.165, 1.54) is 5.56 Å². The lowest BCUT2D eigenvalue weighted by Crippen LogP contribution is -2.42. The Morgan fingerprint density at radius 1 is 1.42 bits per heavy atom. The predicted molar refractivity (Wildman–Crippen MR) is 72.7 cm³/mol. The molecule has 0 saturated carbocycles. The number of carbonyl (C=O) groups is 1. The molecule has 0 radical (unpaired) electrons. The molecule has 1 aliphatic heterocycles. The monoisotopic (exact) mass is 263 g/mol. The van der Waals surface area contributed by atoms with Crippen LogP contribution in [0.15, 0.2) is 30.3 Å². The summed E-state index contributed by atoms with van der Waals surface area (Å²) in [5, 5.41) is 3.48. The second-order valence-electron chi connectivity index (χ2n) is 4.70. The molecular formula is C15H21NO3. The molecule has 1 aliphatic rings. The van der Waals surface area contributed by atoms with E-state index in [0.717, 1.165) is 13.0 Å². The van der Waals surface area contributed by atoms with Gasteiger partial charge in [-0.05, 0) is 25.3 Å². The fourth-order valence-corrected chi connectivity index (χ4v) is 2.24. The fraction of sp³-hybridized carbons (Fsp3) is 0.533. The fourth-order valence-electron chi connectivity index (χ4n) is 2.24. The highest BCUT2D eigenvalue weighted by atomic mass is 16.6. The van der Waals surface area contributed by atoms with Crippen molar-refractivity contribution >= 4 is 5.97 Å². The molecule has 104 valence electrons. The minimum atomic E-state index is -0.415. The van der Waals surface area contributed by atoms with Crippen LogP contribution in [0.1, 0.15) is 25.3 Å². The Balaban J connectivity index is 1.79. The molecule has 0 bridgehead atoms. The lowest BCUT2D eigenvalue weighted by Gasteiger charge is -2.28. The van der Waals surface area contributed by atoms with E-state index >= 15 is 0 Å². The van der Waals surface area contributed by atoms with Crippen molar-refractivity contribution in [3.63, 3.8) is 0 Å². The number of carbonyl (C=O) groups excluding carboxylic acids is 1. The van der Waals surface area contributed by atoms with Gasteiger partial charge in [-0.25, -0.2) is 4.79 Å². The van der Waals surface area contributed by atoms with Gasteiger partial charge in [0.15, 0.2) is 6.10 Å². The van der Waals surface area contributed by atoms with E-state index in [1.54, 1.807) is 0 Å². The van der Waals surface area contributed by atoms with Crippen LogP contribution in [0.5, 0.6) is 0 Å². The van der Waals surface area contributed by atoms with E-state index in [2.05, 4.69) is 17.4 Å². The molecule has 4 heteroatoms. The van der Waals surface area contributed by atoms with Crippen LogP contribution < -0.4 is 5.32 Å². The molecule has 1 fully saturated rings. The maximum absolute atomic E-state index is 11.6. The second-order valence-corrected chi connectivity index (χ2v) is 4.70. The minimum Gasteiger partial charge on any atom is -0.464 e. The topological polar surface area (TPSA) is 47.6 Å². The van der Waals surface area contributed by atoms with Crippen molar-refractivity contribution in [2.75, 3.05) is 13.2 Å². The van der Waals surface area contributed by atoms with E-state index < -0.39 is 6.10 Å². The SMILES string of the molecule is CCOC(=O)[C@H]1C[C@H](NCc2ccccc2)CCO1. The van der Waals surface area contributed by atoms with Gasteiger partial charge in [-0.2, -0.15) is 0 Å². The van der Waals surface area contributed by atoms with E-state index in [1.807, 2.05) is 25.1 Å². The van der Waals surface area contributed by atoms with E-state index in [0.29, 0.717) is 25.7 Å². The Morgan fingerprint density at radius 2 is 2.21 bits per heavy atom. The van der Waals surface area contributed by atoms with Gasteiger partial charge in [0.25, 0.3) is 0 Å². The molecule has 0 aliphatic carbocycles. The molecule has 0 spiro atoms. The summed E-state index contributed by atoms with van der Waals surface area (Å²) in [6.07, 6.45) is 1.20.